The van der Waals surface area contributed by atoms with E-state index in [0.717, 1.165) is 11.0 Å². The Labute approximate surface area is 86.2 Å². The molecule has 4 heteroatoms. The van der Waals surface area contributed by atoms with Gasteiger partial charge in [-0.1, -0.05) is 0 Å². The minimum atomic E-state index is 0.234. The van der Waals surface area contributed by atoms with Crippen LogP contribution in [0.5, 0.6) is 0 Å². The van der Waals surface area contributed by atoms with E-state index < -0.39 is 0 Å². The van der Waals surface area contributed by atoms with Crippen LogP contribution in [0.25, 0.3) is 0 Å². The van der Waals surface area contributed by atoms with Gasteiger partial charge in [-0.3, -0.25) is 0 Å². The maximum atomic E-state index is 11.5. The molecule has 66 valence electrons. The Morgan fingerprint density at radius 1 is 1.36 bits per heavy atom. The normalized spacial score (nSPS) is 12.9. The standard InChI is InChI=1S/C10H11B3O/c1-6(2)7-3-4-8-9(5-7)11-13-12-10(8)14/h3-6,12H,1-2H3. The zero-order valence-corrected chi connectivity index (χ0v) is 8.58. The molecular weight excluding hydrogens is 169 g/mol. The SMILES string of the molecule is CC(C)c1ccc2c(c1)B=BBC2=O. The molecule has 0 aliphatic carbocycles. The molecule has 1 aromatic carbocycles. The van der Waals surface area contributed by atoms with Crippen LogP contribution in [0.1, 0.15) is 35.7 Å². The van der Waals surface area contributed by atoms with E-state index in [0.29, 0.717) is 13.1 Å². The summed E-state index contributed by atoms with van der Waals surface area (Å²) in [4.78, 5) is 11.5. The number of benzene rings is 1. The third-order valence-electron chi connectivity index (χ3n) is 2.64. The molecular formula is C10H11B3O. The molecule has 0 unspecified atom stereocenters. The van der Waals surface area contributed by atoms with Gasteiger partial charge in [0.25, 0.3) is 0 Å². The molecule has 0 aromatic heterocycles. The molecule has 0 radical (unpaired) electrons. The summed E-state index contributed by atoms with van der Waals surface area (Å²) in [6.45, 7) is 8.31. The van der Waals surface area contributed by atoms with E-state index >= 15 is 0 Å². The molecule has 0 amide bonds. The predicted octanol–water partition coefficient (Wildman–Crippen LogP) is 0.264. The molecule has 0 spiro atoms. The molecule has 1 nitrogen and oxygen atoms in total. The topological polar surface area (TPSA) is 17.1 Å². The van der Waals surface area contributed by atoms with Crippen LogP contribution < -0.4 is 5.46 Å². The third-order valence-corrected chi connectivity index (χ3v) is 2.64. The third kappa shape index (κ3) is 1.66. The van der Waals surface area contributed by atoms with Crippen LogP contribution in [0.2, 0.25) is 0 Å². The van der Waals surface area contributed by atoms with Crippen molar-refractivity contribution >= 4 is 31.8 Å². The number of carbonyl (C=O) groups excluding carboxylic acids is 1. The zero-order valence-electron chi connectivity index (χ0n) is 8.58. The molecule has 1 aromatic rings. The quantitative estimate of drug-likeness (QED) is 0.566. The Hall–Kier alpha value is -0.915. The second-order valence-electron chi connectivity index (χ2n) is 4.03. The summed E-state index contributed by atoms with van der Waals surface area (Å²) in [5, 5.41) is 0. The average molecular weight is 180 g/mol. The van der Waals surface area contributed by atoms with Crippen molar-refractivity contribution < 1.29 is 4.79 Å². The van der Waals surface area contributed by atoms with E-state index in [9.17, 15) is 4.79 Å². The fraction of sp³-hybridized carbons (Fsp3) is 0.300. The van der Waals surface area contributed by atoms with Gasteiger partial charge in [0.1, 0.15) is 0 Å². The summed E-state index contributed by atoms with van der Waals surface area (Å²) in [5.74, 6) is 0.519. The minimum absolute atomic E-state index is 0.234. The van der Waals surface area contributed by atoms with Crippen molar-refractivity contribution in [2.45, 2.75) is 19.8 Å². The first-order valence-corrected chi connectivity index (χ1v) is 5.02. The van der Waals surface area contributed by atoms with Gasteiger partial charge in [-0.2, -0.15) is 0 Å². The fourth-order valence-electron chi connectivity index (χ4n) is 1.74. The molecule has 0 atom stereocenters. The van der Waals surface area contributed by atoms with E-state index in [2.05, 4.69) is 26.0 Å². The van der Waals surface area contributed by atoms with Crippen LogP contribution in [0.3, 0.4) is 0 Å². The first kappa shape index (κ1) is 9.63. The van der Waals surface area contributed by atoms with E-state index in [1.165, 1.54) is 5.56 Å². The second-order valence-corrected chi connectivity index (χ2v) is 4.03. The summed E-state index contributed by atoms with van der Waals surface area (Å²) in [6, 6.07) is 6.13. The van der Waals surface area contributed by atoms with Crippen LogP contribution in [-0.4, -0.2) is 26.3 Å². The number of fused-ring (bicyclic) bond motifs is 1. The van der Waals surface area contributed by atoms with Gasteiger partial charge in [-0.25, -0.2) is 0 Å². The Morgan fingerprint density at radius 2 is 2.14 bits per heavy atom. The summed E-state index contributed by atoms with van der Waals surface area (Å²) >= 11 is 0. The van der Waals surface area contributed by atoms with Gasteiger partial charge in [-0.05, 0) is 0 Å². The first-order chi connectivity index (χ1) is 6.68. The summed E-state index contributed by atoms with van der Waals surface area (Å²) < 4.78 is 0. The van der Waals surface area contributed by atoms with Gasteiger partial charge >= 0.3 is 85.7 Å². The molecule has 14 heavy (non-hydrogen) atoms. The number of hydrogen-bond donors (Lipinski definition) is 0. The first-order valence-electron chi connectivity index (χ1n) is 5.02. The van der Waals surface area contributed by atoms with Crippen molar-refractivity contribution in [2.75, 3.05) is 0 Å². The summed E-state index contributed by atoms with van der Waals surface area (Å²) in [6.07, 6.45) is 0. The predicted molar refractivity (Wildman–Crippen MR) is 63.2 cm³/mol. The maximum absolute atomic E-state index is 11.5. The van der Waals surface area contributed by atoms with Crippen LogP contribution >= 0.6 is 0 Å². The van der Waals surface area contributed by atoms with Gasteiger partial charge < -0.3 is 0 Å². The number of rotatable bonds is 1. The fourth-order valence-corrected chi connectivity index (χ4v) is 1.74. The van der Waals surface area contributed by atoms with E-state index in [-0.39, 0.29) is 5.68 Å². The van der Waals surface area contributed by atoms with Crippen LogP contribution in [-0.2, 0) is 0 Å². The van der Waals surface area contributed by atoms with Gasteiger partial charge in [0.2, 0.25) is 0 Å². The molecule has 1 heterocycles. The average Bonchev–Trinajstić information content (AvgIpc) is 2.17. The molecule has 1 aliphatic heterocycles. The van der Waals surface area contributed by atoms with Gasteiger partial charge in [-0.15, -0.1) is 0 Å². The van der Waals surface area contributed by atoms with Crippen molar-refractivity contribution in [1.82, 2.24) is 0 Å². The van der Waals surface area contributed by atoms with E-state index in [4.69, 9.17) is 0 Å². The van der Waals surface area contributed by atoms with Gasteiger partial charge in [0.15, 0.2) is 0 Å². The summed E-state index contributed by atoms with van der Waals surface area (Å²) in [7, 11) is 0.550. The summed E-state index contributed by atoms with van der Waals surface area (Å²) in [5.41, 5.74) is 3.48. The van der Waals surface area contributed by atoms with Crippen LogP contribution in [0, 0.1) is 0 Å². The van der Waals surface area contributed by atoms with Crippen molar-refractivity contribution in [3.63, 3.8) is 0 Å². The number of carbonyl (C=O) groups is 1. The monoisotopic (exact) mass is 180 g/mol. The van der Waals surface area contributed by atoms with Crippen molar-refractivity contribution in [2.24, 2.45) is 0 Å². The zero-order chi connectivity index (χ0) is 10.1. The second kappa shape index (κ2) is 3.68. The Kier molecular flexibility index (Phi) is 2.53. The molecule has 0 fully saturated rings. The molecule has 2 rings (SSSR count). The molecule has 0 N–H and O–H groups in total. The van der Waals surface area contributed by atoms with Gasteiger partial charge in [0.05, 0.1) is 0 Å². The Bertz CT molecular complexity index is 410. The van der Waals surface area contributed by atoms with Crippen molar-refractivity contribution in [3.05, 3.63) is 29.3 Å². The van der Waals surface area contributed by atoms with Crippen LogP contribution in [0.15, 0.2) is 18.2 Å². The number of hydrogen-bond acceptors (Lipinski definition) is 1. The van der Waals surface area contributed by atoms with Gasteiger partial charge in [0, 0.05) is 0 Å². The van der Waals surface area contributed by atoms with Crippen LogP contribution in [0.4, 0.5) is 0 Å². The van der Waals surface area contributed by atoms with Crippen molar-refractivity contribution in [3.8, 4) is 0 Å². The molecule has 0 saturated carbocycles. The van der Waals surface area contributed by atoms with E-state index in [1.807, 2.05) is 19.6 Å². The Balaban J connectivity index is 2.51. The Morgan fingerprint density at radius 3 is 2.86 bits per heavy atom. The molecule has 0 bridgehead atoms. The van der Waals surface area contributed by atoms with Crippen molar-refractivity contribution in [1.29, 1.82) is 0 Å². The molecule has 1 aliphatic rings. The van der Waals surface area contributed by atoms with E-state index in [1.54, 1.807) is 0 Å². The molecule has 0 saturated heterocycles.